The van der Waals surface area contributed by atoms with E-state index in [1.807, 2.05) is 6.42 Å². The SMILES string of the molecule is NC(=O)C1C[CH]CCN1S(N)(=O)=O. The van der Waals surface area contributed by atoms with Crippen molar-refractivity contribution in [2.75, 3.05) is 6.54 Å². The van der Waals surface area contributed by atoms with Gasteiger partial charge in [0.1, 0.15) is 6.04 Å². The molecule has 1 fully saturated rings. The smallest absolute Gasteiger partial charge is 0.277 e. The maximum atomic E-state index is 11.0. The highest BCUT2D eigenvalue weighted by molar-refractivity contribution is 7.86. The fourth-order valence-corrected chi connectivity index (χ4v) is 2.23. The largest absolute Gasteiger partial charge is 0.368 e. The van der Waals surface area contributed by atoms with Crippen LogP contribution in [0, 0.1) is 6.42 Å². The second-order valence-corrected chi connectivity index (χ2v) is 4.39. The monoisotopic (exact) mass is 206 g/mol. The van der Waals surface area contributed by atoms with E-state index in [1.165, 1.54) is 0 Å². The molecule has 75 valence electrons. The van der Waals surface area contributed by atoms with E-state index in [2.05, 4.69) is 0 Å². The van der Waals surface area contributed by atoms with Crippen LogP contribution in [0.1, 0.15) is 12.8 Å². The number of carbonyl (C=O) groups is 1. The molecule has 1 radical (unpaired) electrons. The summed E-state index contributed by atoms with van der Waals surface area (Å²) in [6.07, 6.45) is 2.77. The summed E-state index contributed by atoms with van der Waals surface area (Å²) in [6, 6.07) is -0.816. The van der Waals surface area contributed by atoms with Crippen LogP contribution in [-0.4, -0.2) is 31.2 Å². The van der Waals surface area contributed by atoms with Crippen molar-refractivity contribution in [1.82, 2.24) is 4.31 Å². The van der Waals surface area contributed by atoms with Crippen LogP contribution in [0.3, 0.4) is 0 Å². The van der Waals surface area contributed by atoms with Crippen molar-refractivity contribution in [3.8, 4) is 0 Å². The van der Waals surface area contributed by atoms with Crippen LogP contribution in [0.5, 0.6) is 0 Å². The summed E-state index contributed by atoms with van der Waals surface area (Å²) in [5.41, 5.74) is 5.03. The van der Waals surface area contributed by atoms with E-state index >= 15 is 0 Å². The summed E-state index contributed by atoms with van der Waals surface area (Å²) in [4.78, 5) is 10.9. The minimum absolute atomic E-state index is 0.229. The lowest BCUT2D eigenvalue weighted by atomic mass is 10.0. The normalized spacial score (nSPS) is 25.8. The molecule has 1 amide bonds. The van der Waals surface area contributed by atoms with Gasteiger partial charge in [0.25, 0.3) is 10.2 Å². The molecule has 7 heteroatoms. The molecule has 0 bridgehead atoms. The van der Waals surface area contributed by atoms with Gasteiger partial charge in [-0.15, -0.1) is 0 Å². The minimum atomic E-state index is -3.81. The topological polar surface area (TPSA) is 106 Å². The van der Waals surface area contributed by atoms with Crippen molar-refractivity contribution < 1.29 is 13.2 Å². The lowest BCUT2D eigenvalue weighted by Gasteiger charge is -2.30. The van der Waals surface area contributed by atoms with Gasteiger partial charge in [0.2, 0.25) is 5.91 Å². The highest BCUT2D eigenvalue weighted by Crippen LogP contribution is 2.17. The average molecular weight is 206 g/mol. The number of piperidine rings is 1. The summed E-state index contributed by atoms with van der Waals surface area (Å²) in [6.45, 7) is 0.229. The number of primary amides is 1. The van der Waals surface area contributed by atoms with E-state index in [9.17, 15) is 13.2 Å². The second-order valence-electron chi connectivity index (χ2n) is 2.89. The number of hydrogen-bond donors (Lipinski definition) is 2. The first-order chi connectivity index (χ1) is 5.93. The lowest BCUT2D eigenvalue weighted by molar-refractivity contribution is -0.122. The van der Waals surface area contributed by atoms with Crippen molar-refractivity contribution in [2.45, 2.75) is 18.9 Å². The Morgan fingerprint density at radius 3 is 2.54 bits per heavy atom. The van der Waals surface area contributed by atoms with Gasteiger partial charge in [0.05, 0.1) is 0 Å². The Bertz CT molecular complexity index is 300. The maximum Gasteiger partial charge on any atom is 0.277 e. The number of rotatable bonds is 2. The molecular formula is C6H12N3O3S. The Kier molecular flexibility index (Phi) is 2.89. The zero-order valence-electron chi connectivity index (χ0n) is 7.01. The standard InChI is InChI=1S/C6H12N3O3S/c7-6(10)5-3-1-2-4-9(5)13(8,11)12/h1,5H,2-4H2,(H2,7,10)(H2,8,11,12). The highest BCUT2D eigenvalue weighted by Gasteiger charge is 2.33. The zero-order valence-corrected chi connectivity index (χ0v) is 7.83. The zero-order chi connectivity index (χ0) is 10.1. The van der Waals surface area contributed by atoms with E-state index < -0.39 is 22.2 Å². The average Bonchev–Trinajstić information content (AvgIpc) is 2.03. The summed E-state index contributed by atoms with van der Waals surface area (Å²) in [5, 5.41) is 4.91. The Morgan fingerprint density at radius 2 is 2.15 bits per heavy atom. The molecular weight excluding hydrogens is 194 g/mol. The molecule has 1 saturated heterocycles. The van der Waals surface area contributed by atoms with Crippen molar-refractivity contribution in [1.29, 1.82) is 0 Å². The Morgan fingerprint density at radius 1 is 1.54 bits per heavy atom. The van der Waals surface area contributed by atoms with E-state index in [0.717, 1.165) is 4.31 Å². The molecule has 0 aliphatic carbocycles. The number of nitrogens with zero attached hydrogens (tertiary/aromatic N) is 1. The minimum Gasteiger partial charge on any atom is -0.368 e. The van der Waals surface area contributed by atoms with Gasteiger partial charge in [-0.1, -0.05) is 0 Å². The molecule has 1 unspecified atom stereocenters. The quantitative estimate of drug-likeness (QED) is 0.564. The predicted molar refractivity (Wildman–Crippen MR) is 46.3 cm³/mol. The third kappa shape index (κ3) is 2.39. The molecule has 0 aromatic heterocycles. The van der Waals surface area contributed by atoms with E-state index in [1.54, 1.807) is 0 Å². The molecule has 13 heavy (non-hydrogen) atoms. The van der Waals surface area contributed by atoms with E-state index in [0.29, 0.717) is 12.8 Å². The van der Waals surface area contributed by atoms with Crippen LogP contribution in [0.2, 0.25) is 0 Å². The first-order valence-corrected chi connectivity index (χ1v) is 5.34. The van der Waals surface area contributed by atoms with Crippen molar-refractivity contribution in [3.05, 3.63) is 6.42 Å². The fourth-order valence-electron chi connectivity index (χ4n) is 1.33. The number of nitrogens with two attached hydrogens (primary N) is 2. The Labute approximate surface area is 77.1 Å². The Balaban J connectivity index is 2.86. The molecule has 0 aromatic carbocycles. The van der Waals surface area contributed by atoms with Crippen LogP contribution >= 0.6 is 0 Å². The summed E-state index contributed by atoms with van der Waals surface area (Å²) in [7, 11) is -3.81. The molecule has 4 N–H and O–H groups in total. The van der Waals surface area contributed by atoms with Gasteiger partial charge in [-0.05, 0) is 19.3 Å². The first kappa shape index (κ1) is 10.4. The van der Waals surface area contributed by atoms with Gasteiger partial charge in [0.15, 0.2) is 0 Å². The maximum absolute atomic E-state index is 11.0. The molecule has 1 atom stereocenters. The van der Waals surface area contributed by atoms with Crippen LogP contribution in [0.4, 0.5) is 0 Å². The molecule has 0 spiro atoms. The predicted octanol–water partition coefficient (Wildman–Crippen LogP) is -1.66. The summed E-state index contributed by atoms with van der Waals surface area (Å²) < 4.78 is 22.9. The molecule has 6 nitrogen and oxygen atoms in total. The number of amides is 1. The van der Waals surface area contributed by atoms with E-state index in [-0.39, 0.29) is 6.54 Å². The fraction of sp³-hybridized carbons (Fsp3) is 0.667. The second kappa shape index (κ2) is 3.60. The van der Waals surface area contributed by atoms with Gasteiger partial charge in [-0.2, -0.15) is 12.7 Å². The first-order valence-electron chi connectivity index (χ1n) is 3.83. The number of hydrogen-bond acceptors (Lipinski definition) is 3. The van der Waals surface area contributed by atoms with Crippen molar-refractivity contribution in [3.63, 3.8) is 0 Å². The van der Waals surface area contributed by atoms with Gasteiger partial charge in [-0.3, -0.25) is 4.79 Å². The van der Waals surface area contributed by atoms with E-state index in [4.69, 9.17) is 10.9 Å². The highest BCUT2D eigenvalue weighted by atomic mass is 32.2. The molecule has 1 aliphatic heterocycles. The number of carbonyl (C=O) groups excluding carboxylic acids is 1. The van der Waals surface area contributed by atoms with Gasteiger partial charge in [0, 0.05) is 6.54 Å². The summed E-state index contributed by atoms with van der Waals surface area (Å²) >= 11 is 0. The van der Waals surface area contributed by atoms with Crippen molar-refractivity contribution in [2.24, 2.45) is 10.9 Å². The van der Waals surface area contributed by atoms with Crippen molar-refractivity contribution >= 4 is 16.1 Å². The molecule has 0 aromatic rings. The van der Waals surface area contributed by atoms with Crippen LogP contribution < -0.4 is 10.9 Å². The van der Waals surface area contributed by atoms with Crippen LogP contribution in [0.15, 0.2) is 0 Å². The van der Waals surface area contributed by atoms with Crippen LogP contribution in [0.25, 0.3) is 0 Å². The third-order valence-electron chi connectivity index (χ3n) is 1.95. The third-order valence-corrected chi connectivity index (χ3v) is 3.04. The molecule has 1 aliphatic rings. The van der Waals surface area contributed by atoms with Gasteiger partial charge < -0.3 is 5.73 Å². The summed E-state index contributed by atoms with van der Waals surface area (Å²) in [5.74, 6) is -0.662. The Hall–Kier alpha value is -0.660. The molecule has 1 rings (SSSR count). The molecule has 1 heterocycles. The lowest BCUT2D eigenvalue weighted by Crippen LogP contribution is -2.52. The van der Waals surface area contributed by atoms with Gasteiger partial charge in [-0.25, -0.2) is 5.14 Å². The molecule has 0 saturated carbocycles. The van der Waals surface area contributed by atoms with Gasteiger partial charge >= 0.3 is 0 Å². The van der Waals surface area contributed by atoms with Crippen LogP contribution in [-0.2, 0) is 15.0 Å².